The average molecular weight is 397 g/mol. The van der Waals surface area contributed by atoms with Crippen molar-refractivity contribution in [3.8, 4) is 0 Å². The minimum atomic E-state index is -4.67. The number of piperazine rings is 1. The number of nitrogens with zero attached hydrogens (tertiary/aromatic N) is 4. The number of rotatable bonds is 4. The fourth-order valence-corrected chi connectivity index (χ4v) is 3.05. The second-order valence-corrected chi connectivity index (χ2v) is 6.64. The van der Waals surface area contributed by atoms with Gasteiger partial charge < -0.3 is 19.5 Å². The number of hydrogen-bond donors (Lipinski definition) is 1. The fraction of sp³-hybridized carbons (Fsp3) is 0.500. The summed E-state index contributed by atoms with van der Waals surface area (Å²) >= 11 is 0. The molecule has 3 rings (SSSR count). The van der Waals surface area contributed by atoms with Gasteiger partial charge in [0.1, 0.15) is 5.76 Å². The van der Waals surface area contributed by atoms with Gasteiger partial charge in [-0.25, -0.2) is 14.8 Å². The van der Waals surface area contributed by atoms with Crippen LogP contribution >= 0.6 is 0 Å². The number of halogens is 3. The van der Waals surface area contributed by atoms with E-state index in [0.717, 1.165) is 18.4 Å². The summed E-state index contributed by atoms with van der Waals surface area (Å²) in [6.07, 6.45) is 0.858. The lowest BCUT2D eigenvalue weighted by molar-refractivity contribution is -0.152. The molecule has 1 aliphatic rings. The minimum absolute atomic E-state index is 0.0797. The highest BCUT2D eigenvalue weighted by atomic mass is 19.4. The van der Waals surface area contributed by atoms with Gasteiger partial charge in [-0.3, -0.25) is 0 Å². The number of carbonyl (C=O) groups excluding carboxylic acids is 1. The molecule has 1 aliphatic heterocycles. The van der Waals surface area contributed by atoms with Crippen LogP contribution in [-0.4, -0.2) is 47.1 Å². The number of aryl methyl sites for hydroxylation is 2. The Morgan fingerprint density at radius 2 is 1.86 bits per heavy atom. The number of nitrogens with one attached hydrogen (secondary N) is 1. The molecule has 0 unspecified atom stereocenters. The Hall–Kier alpha value is -2.78. The molecule has 10 heteroatoms. The first-order chi connectivity index (χ1) is 13.3. The maximum absolute atomic E-state index is 13.0. The predicted molar refractivity (Wildman–Crippen MR) is 97.3 cm³/mol. The molecule has 1 fully saturated rings. The first-order valence-electron chi connectivity index (χ1n) is 9.07. The van der Waals surface area contributed by atoms with Crippen molar-refractivity contribution in [1.29, 1.82) is 0 Å². The van der Waals surface area contributed by atoms with Crippen LogP contribution in [-0.2, 0) is 12.6 Å². The van der Waals surface area contributed by atoms with E-state index in [-0.39, 0.29) is 11.4 Å². The van der Waals surface area contributed by atoms with Gasteiger partial charge in [-0.1, -0.05) is 13.3 Å². The smallest absolute Gasteiger partial charge is 0.451 e. The van der Waals surface area contributed by atoms with Crippen LogP contribution in [0.1, 0.15) is 30.4 Å². The maximum atomic E-state index is 13.0. The molecular weight excluding hydrogens is 375 g/mol. The van der Waals surface area contributed by atoms with Gasteiger partial charge >= 0.3 is 12.2 Å². The van der Waals surface area contributed by atoms with Gasteiger partial charge in [-0.15, -0.1) is 0 Å². The third-order valence-electron chi connectivity index (χ3n) is 4.43. The minimum Gasteiger partial charge on any atom is -0.455 e. The third kappa shape index (κ3) is 4.55. The monoisotopic (exact) mass is 397 g/mol. The van der Waals surface area contributed by atoms with Gasteiger partial charge in [0, 0.05) is 44.6 Å². The summed E-state index contributed by atoms with van der Waals surface area (Å²) in [5.74, 6) is -0.529. The van der Waals surface area contributed by atoms with Crippen molar-refractivity contribution >= 4 is 17.7 Å². The molecule has 0 aliphatic carbocycles. The van der Waals surface area contributed by atoms with Gasteiger partial charge in [0.25, 0.3) is 0 Å². The van der Waals surface area contributed by atoms with Gasteiger partial charge in [0.05, 0.1) is 5.69 Å². The molecular formula is C18H22F3N5O2. The number of amides is 2. The van der Waals surface area contributed by atoms with Crippen molar-refractivity contribution < 1.29 is 22.4 Å². The van der Waals surface area contributed by atoms with Gasteiger partial charge in [0.15, 0.2) is 0 Å². The van der Waals surface area contributed by atoms with Crippen molar-refractivity contribution in [2.75, 3.05) is 36.4 Å². The quantitative estimate of drug-likeness (QED) is 0.852. The second-order valence-electron chi connectivity index (χ2n) is 6.64. The molecule has 0 aromatic carbocycles. The Balaban J connectivity index is 1.58. The molecule has 152 valence electrons. The molecule has 1 saturated heterocycles. The lowest BCUT2D eigenvalue weighted by atomic mass is 10.2. The number of alkyl halides is 3. The van der Waals surface area contributed by atoms with Crippen LogP contribution in [0, 0.1) is 6.92 Å². The van der Waals surface area contributed by atoms with Crippen molar-refractivity contribution in [2.45, 2.75) is 32.9 Å². The second kappa shape index (κ2) is 8.07. The van der Waals surface area contributed by atoms with E-state index < -0.39 is 18.0 Å². The van der Waals surface area contributed by atoms with Crippen LogP contribution in [0.5, 0.6) is 0 Å². The Kier molecular flexibility index (Phi) is 5.76. The van der Waals surface area contributed by atoms with E-state index in [9.17, 15) is 18.0 Å². The van der Waals surface area contributed by atoms with Crippen LogP contribution in [0.3, 0.4) is 0 Å². The first-order valence-corrected chi connectivity index (χ1v) is 9.07. The summed E-state index contributed by atoms with van der Waals surface area (Å²) in [6, 6.07) is 0.577. The molecule has 0 spiro atoms. The zero-order chi connectivity index (χ0) is 20.3. The summed E-state index contributed by atoms with van der Waals surface area (Å²) in [5.41, 5.74) is 0.701. The summed E-state index contributed by atoms with van der Waals surface area (Å²) in [6.45, 7) is 5.18. The molecule has 0 atom stereocenters. The average Bonchev–Trinajstić information content (AvgIpc) is 3.03. The number of urea groups is 1. The number of furan rings is 1. The maximum Gasteiger partial charge on any atom is 0.451 e. The van der Waals surface area contributed by atoms with Crippen molar-refractivity contribution in [3.63, 3.8) is 0 Å². The third-order valence-corrected chi connectivity index (χ3v) is 4.43. The van der Waals surface area contributed by atoms with Gasteiger partial charge in [-0.05, 0) is 18.9 Å². The standard InChI is InChI=1S/C18H22F3N5O2/c1-3-4-13-10-22-16(23-11-13)25-5-7-26(8-6-25)17(27)24-14-9-12(2)28-15(14)18(19,20)21/h9-11H,3-8H2,1-2H3,(H,24,27). The van der Waals surface area contributed by atoms with E-state index in [1.807, 2.05) is 4.90 Å². The summed E-state index contributed by atoms with van der Waals surface area (Å²) in [7, 11) is 0. The molecule has 28 heavy (non-hydrogen) atoms. The Morgan fingerprint density at radius 3 is 2.43 bits per heavy atom. The highest BCUT2D eigenvalue weighted by molar-refractivity contribution is 5.90. The van der Waals surface area contributed by atoms with E-state index in [1.165, 1.54) is 17.9 Å². The SMILES string of the molecule is CCCc1cnc(N2CCN(C(=O)Nc3cc(C)oc3C(F)(F)F)CC2)nc1. The van der Waals surface area contributed by atoms with Crippen LogP contribution in [0.2, 0.25) is 0 Å². The topological polar surface area (TPSA) is 74.5 Å². The van der Waals surface area contributed by atoms with E-state index in [0.29, 0.717) is 32.1 Å². The predicted octanol–water partition coefficient (Wildman–Crippen LogP) is 3.70. The Morgan fingerprint density at radius 1 is 1.21 bits per heavy atom. The zero-order valence-electron chi connectivity index (χ0n) is 15.7. The van der Waals surface area contributed by atoms with E-state index in [1.54, 1.807) is 12.4 Å². The van der Waals surface area contributed by atoms with Crippen molar-refractivity contribution in [3.05, 3.63) is 35.5 Å². The molecule has 7 nitrogen and oxygen atoms in total. The van der Waals surface area contributed by atoms with Crippen molar-refractivity contribution in [1.82, 2.24) is 14.9 Å². The van der Waals surface area contributed by atoms with Crippen LogP contribution in [0.25, 0.3) is 0 Å². The zero-order valence-corrected chi connectivity index (χ0v) is 15.7. The molecule has 0 saturated carbocycles. The van der Waals surface area contributed by atoms with E-state index in [2.05, 4.69) is 26.6 Å². The lowest BCUT2D eigenvalue weighted by Crippen LogP contribution is -2.50. The summed E-state index contributed by atoms with van der Waals surface area (Å²) < 4.78 is 43.7. The summed E-state index contributed by atoms with van der Waals surface area (Å²) in [4.78, 5) is 24.5. The van der Waals surface area contributed by atoms with Crippen LogP contribution in [0.4, 0.5) is 29.6 Å². The normalized spacial score (nSPS) is 15.0. The van der Waals surface area contributed by atoms with E-state index in [4.69, 9.17) is 0 Å². The molecule has 2 aromatic rings. The first kappa shape index (κ1) is 20.0. The largest absolute Gasteiger partial charge is 0.455 e. The molecule has 1 N–H and O–H groups in total. The molecule has 0 bridgehead atoms. The van der Waals surface area contributed by atoms with Gasteiger partial charge in [0.2, 0.25) is 11.7 Å². The molecule has 2 amide bonds. The van der Waals surface area contributed by atoms with Gasteiger partial charge in [-0.2, -0.15) is 13.2 Å². The fourth-order valence-electron chi connectivity index (χ4n) is 3.05. The van der Waals surface area contributed by atoms with Crippen LogP contribution in [0.15, 0.2) is 22.9 Å². The van der Waals surface area contributed by atoms with E-state index >= 15 is 0 Å². The molecule has 3 heterocycles. The number of hydrogen-bond acceptors (Lipinski definition) is 5. The lowest BCUT2D eigenvalue weighted by Gasteiger charge is -2.34. The Labute approximate surface area is 160 Å². The highest BCUT2D eigenvalue weighted by Gasteiger charge is 2.39. The number of carbonyl (C=O) groups is 1. The summed E-state index contributed by atoms with van der Waals surface area (Å²) in [5, 5.41) is 2.31. The molecule has 0 radical (unpaired) electrons. The van der Waals surface area contributed by atoms with Crippen molar-refractivity contribution in [2.24, 2.45) is 0 Å². The molecule has 2 aromatic heterocycles. The Bertz CT molecular complexity index is 812. The number of aromatic nitrogens is 2. The number of anilines is 2. The highest BCUT2D eigenvalue weighted by Crippen LogP contribution is 2.37. The van der Waals surface area contributed by atoms with Crippen LogP contribution < -0.4 is 10.2 Å².